The number of aromatic nitrogens is 5. The maximum atomic E-state index is 14.9. The van der Waals surface area contributed by atoms with Crippen LogP contribution >= 0.6 is 35.3 Å². The topological polar surface area (TPSA) is 144 Å². The zero-order chi connectivity index (χ0) is 50.7. The van der Waals surface area contributed by atoms with Gasteiger partial charge in [0.15, 0.2) is 17.4 Å². The van der Waals surface area contributed by atoms with Gasteiger partial charge in [0, 0.05) is 33.9 Å². The number of anilines is 1. The van der Waals surface area contributed by atoms with E-state index in [1.54, 1.807) is 6.92 Å². The number of hydrogen-bond acceptors (Lipinski definition) is 9. The number of amides is 2. The summed E-state index contributed by atoms with van der Waals surface area (Å²) in [5, 5.41) is 18.4. The number of carbonyl (C=O) groups is 3. The molecule has 1 aliphatic rings. The molecule has 0 saturated carbocycles. The van der Waals surface area contributed by atoms with E-state index in [4.69, 9.17) is 21.4 Å². The number of benzene rings is 2. The van der Waals surface area contributed by atoms with Gasteiger partial charge in [-0.2, -0.15) is 52.6 Å². The molecule has 0 fully saturated rings. The Morgan fingerprint density at radius 3 is 2.16 bits per heavy atom. The third-order valence-electron chi connectivity index (χ3n) is 10.0. The van der Waals surface area contributed by atoms with Crippen molar-refractivity contribution in [3.63, 3.8) is 0 Å². The van der Waals surface area contributed by atoms with Gasteiger partial charge < -0.3 is 15.2 Å². The van der Waals surface area contributed by atoms with Crippen LogP contribution in [0.15, 0.2) is 42.5 Å². The van der Waals surface area contributed by atoms with E-state index in [0.717, 1.165) is 16.4 Å². The van der Waals surface area contributed by atoms with Gasteiger partial charge in [-0.3, -0.25) is 23.9 Å². The number of alkyl halides is 8. The van der Waals surface area contributed by atoms with Gasteiger partial charge in [0.05, 0.1) is 39.8 Å². The quantitative estimate of drug-likeness (QED) is 0.0484. The number of carbonyl (C=O) groups excluding carboxylic acids is 2. The zero-order valence-corrected chi connectivity index (χ0v) is 42.3. The molecule has 2 aromatic carbocycles. The number of nitrogens with one attached hydrogen (secondary N) is 1. The molecule has 0 bridgehead atoms. The van der Waals surface area contributed by atoms with E-state index in [2.05, 4.69) is 47.5 Å². The molecule has 5 aromatic rings. The number of nitrogens with zero attached hydrogens (tertiary/aromatic N) is 6. The molecule has 1 aliphatic carbocycles. The Balaban J connectivity index is 0.00000139. The van der Waals surface area contributed by atoms with Gasteiger partial charge in [-0.05, 0) is 66.4 Å². The van der Waals surface area contributed by atoms with E-state index in [1.165, 1.54) is 30.5 Å². The van der Waals surface area contributed by atoms with Crippen LogP contribution in [0.1, 0.15) is 74.1 Å². The molecule has 12 nitrogen and oxygen atoms in total. The zero-order valence-electron chi connectivity index (χ0n) is 37.9. The SMILES string of the molecule is CCc1ccc(-c2ccc(Cl)c3c(N(SC)C(=O)OCCC(=O)O)nn(CC(F)(F)F)c23)c(C(Cc2cc(F)cc(F)c2)NC(=O)Cn2nc(C(F)(F)F)c3c2C(F)(F)[CH-]C3)n1.CSC(C)(C)C.[Na+]. The average Bonchev–Trinajstić information content (AvgIpc) is 3.88. The van der Waals surface area contributed by atoms with Gasteiger partial charge in [0.2, 0.25) is 5.91 Å². The molecule has 1 unspecified atom stereocenters. The van der Waals surface area contributed by atoms with E-state index < -0.39 is 116 Å². The molecule has 0 spiro atoms. The molecule has 2 amide bonds. The minimum absolute atomic E-state index is 0. The third-order valence-corrected chi connectivity index (χ3v) is 12.2. The summed E-state index contributed by atoms with van der Waals surface area (Å²) in [5.74, 6) is -8.98. The summed E-state index contributed by atoms with van der Waals surface area (Å²) < 4.78 is 150. The molecule has 6 rings (SSSR count). The number of ether oxygens (including phenoxy) is 1. The van der Waals surface area contributed by atoms with E-state index in [1.807, 2.05) is 11.8 Å². The summed E-state index contributed by atoms with van der Waals surface area (Å²) >= 11 is 9.12. The monoisotopic (exact) mass is 1050 g/mol. The van der Waals surface area contributed by atoms with Gasteiger partial charge in [0.25, 0.3) is 0 Å². The normalized spacial score (nSPS) is 13.8. The Labute approximate surface area is 424 Å². The van der Waals surface area contributed by atoms with Crippen LogP contribution in [0.2, 0.25) is 5.02 Å². The first-order valence-electron chi connectivity index (χ1n) is 20.2. The summed E-state index contributed by atoms with van der Waals surface area (Å²) in [4.78, 5) is 42.6. The number of thioether (sulfide) groups is 1. The molecule has 2 N–H and O–H groups in total. The van der Waals surface area contributed by atoms with Gasteiger partial charge in [0.1, 0.15) is 31.3 Å². The summed E-state index contributed by atoms with van der Waals surface area (Å²) in [5.41, 5.74) is -4.08. The van der Waals surface area contributed by atoms with Crippen LogP contribution in [0.4, 0.5) is 54.5 Å². The number of fused-ring (bicyclic) bond motifs is 2. The van der Waals surface area contributed by atoms with Crippen molar-refractivity contribution in [3.05, 3.63) is 99.4 Å². The van der Waals surface area contributed by atoms with E-state index >= 15 is 0 Å². The number of halogens is 11. The van der Waals surface area contributed by atoms with Crippen molar-refractivity contribution in [2.24, 2.45) is 0 Å². The van der Waals surface area contributed by atoms with E-state index in [-0.39, 0.29) is 79.0 Å². The molecule has 3 heterocycles. The summed E-state index contributed by atoms with van der Waals surface area (Å²) in [7, 11) is 0. The number of carboxylic acid groups (broad SMARTS) is 1. The summed E-state index contributed by atoms with van der Waals surface area (Å²) in [6.07, 6.45) is -9.22. The Hall–Kier alpha value is -4.23. The van der Waals surface area contributed by atoms with Crippen molar-refractivity contribution < 1.29 is 97.7 Å². The van der Waals surface area contributed by atoms with Crippen LogP contribution < -0.4 is 39.2 Å². The fraction of sp³-hybridized carbons (Fsp3) is 0.419. The van der Waals surface area contributed by atoms with Crippen LogP contribution in [0.25, 0.3) is 22.0 Å². The largest absolute Gasteiger partial charge is 1.00 e. The molecular formula is C43H43ClF10N7NaO5S2. The number of hydrogen-bond donors (Lipinski definition) is 2. The fourth-order valence-electron chi connectivity index (χ4n) is 6.94. The number of aryl methyl sites for hydroxylation is 1. The van der Waals surface area contributed by atoms with Crippen LogP contribution in [-0.4, -0.2) is 77.7 Å². The molecule has 26 heteroatoms. The smallest absolute Gasteiger partial charge is 0.481 e. The maximum Gasteiger partial charge on any atom is 1.00 e. The van der Waals surface area contributed by atoms with Gasteiger partial charge in [-0.25, -0.2) is 28.8 Å². The molecule has 3 aromatic heterocycles. The average molecular weight is 1050 g/mol. The van der Waals surface area contributed by atoms with Gasteiger partial charge in [-0.1, -0.05) is 51.4 Å². The summed E-state index contributed by atoms with van der Waals surface area (Å²) in [6, 6.07) is 6.22. The van der Waals surface area contributed by atoms with Gasteiger partial charge >= 0.3 is 54.0 Å². The first-order valence-corrected chi connectivity index (χ1v) is 23.0. The fourth-order valence-corrected chi connectivity index (χ4v) is 7.68. The van der Waals surface area contributed by atoms with Crippen LogP contribution in [-0.2, 0) is 58.8 Å². The molecular weight excluding hydrogens is 1010 g/mol. The van der Waals surface area contributed by atoms with Crippen molar-refractivity contribution in [1.82, 2.24) is 29.9 Å². The van der Waals surface area contributed by atoms with Crippen molar-refractivity contribution in [3.8, 4) is 11.1 Å². The maximum absolute atomic E-state index is 14.9. The summed E-state index contributed by atoms with van der Waals surface area (Å²) in [6.45, 7) is 4.71. The second-order valence-corrected chi connectivity index (χ2v) is 18.8. The van der Waals surface area contributed by atoms with Crippen LogP contribution in [0.5, 0.6) is 0 Å². The van der Waals surface area contributed by atoms with Crippen molar-refractivity contribution in [2.75, 3.05) is 23.4 Å². The standard InChI is InChI=1S/C38H31ClF10N7O5S.C5H12S.Na/c1-3-21-4-5-22(23-6-7-25(39)29-31(23)55(17-37(44,45)46)53-34(29)56(62-2)35(60)61-11-9-28(58)59)30(50-21)26(14-18-12-19(40)15-20(41)13-18)51-27(57)16-54-33-24(8-10-36(33,42)43)32(52-54)38(47,48)49;1-5(2,3)6-4;/h4-7,10,12-13,15,26H,3,8-9,11,14,16-17H2,1-2H3,(H,51,57)(H,58,59);1-4H3;/q-1;;+1. The van der Waals surface area contributed by atoms with Crippen molar-refractivity contribution in [1.29, 1.82) is 0 Å². The minimum Gasteiger partial charge on any atom is -0.481 e. The molecule has 1 atom stereocenters. The van der Waals surface area contributed by atoms with Crippen molar-refractivity contribution in [2.45, 2.75) is 95.5 Å². The van der Waals surface area contributed by atoms with Crippen LogP contribution in [0, 0.1) is 18.1 Å². The first-order chi connectivity index (χ1) is 31.6. The number of carboxylic acids is 1. The molecule has 0 saturated heterocycles. The number of aliphatic carboxylic acids is 1. The van der Waals surface area contributed by atoms with E-state index in [0.29, 0.717) is 39.6 Å². The molecule has 0 aliphatic heterocycles. The molecule has 0 radical (unpaired) electrons. The predicted molar refractivity (Wildman–Crippen MR) is 236 cm³/mol. The van der Waals surface area contributed by atoms with Gasteiger partial charge in [-0.15, -0.1) is 6.42 Å². The second kappa shape index (κ2) is 22.9. The first kappa shape index (κ1) is 57.3. The molecule has 69 heavy (non-hydrogen) atoms. The Bertz CT molecular complexity index is 2660. The third kappa shape index (κ3) is 14.4. The second-order valence-electron chi connectivity index (χ2n) is 16.0. The number of rotatable bonds is 14. The Morgan fingerprint density at radius 2 is 1.61 bits per heavy atom. The van der Waals surface area contributed by atoms with Crippen molar-refractivity contribution >= 4 is 70.0 Å². The van der Waals surface area contributed by atoms with Crippen LogP contribution in [0.3, 0.4) is 0 Å². The van der Waals surface area contributed by atoms with E-state index in [9.17, 15) is 58.3 Å². The number of pyridine rings is 1. The Morgan fingerprint density at radius 1 is 0.986 bits per heavy atom. The predicted octanol–water partition coefficient (Wildman–Crippen LogP) is 8.17. The molecule has 370 valence electrons. The minimum atomic E-state index is -5.17. The Kier molecular flexibility index (Phi) is 19.0.